The van der Waals surface area contributed by atoms with Crippen molar-refractivity contribution in [3.63, 3.8) is 0 Å². The van der Waals surface area contributed by atoms with Crippen LogP contribution in [0.3, 0.4) is 0 Å². The first-order valence-corrected chi connectivity index (χ1v) is 3.97. The van der Waals surface area contributed by atoms with Gasteiger partial charge in [-0.15, -0.1) is 15.0 Å². The Kier molecular flexibility index (Phi) is 2.25. The Morgan fingerprint density at radius 2 is 2.00 bits per heavy atom. The van der Waals surface area contributed by atoms with Crippen LogP contribution >= 0.6 is 0 Å². The Labute approximate surface area is 80.0 Å². The highest BCUT2D eigenvalue weighted by Gasteiger charge is 2.17. The number of benzene rings is 1. The van der Waals surface area contributed by atoms with Crippen LogP contribution in [0.15, 0.2) is 30.6 Å². The molecule has 1 aromatic heterocycles. The highest BCUT2D eigenvalue weighted by Crippen LogP contribution is 2.00. The summed E-state index contributed by atoms with van der Waals surface area (Å²) in [5.41, 5.74) is 0.838. The molecule has 2 N–H and O–H groups in total. The van der Waals surface area contributed by atoms with Crippen LogP contribution in [0.5, 0.6) is 0 Å². The van der Waals surface area contributed by atoms with Crippen LogP contribution < -0.4 is 5.46 Å². The topological polar surface area (TPSA) is 84.1 Å². The Balaban J connectivity index is 2.53. The Hall–Kier alpha value is -1.73. The van der Waals surface area contributed by atoms with Gasteiger partial charge in [0.25, 0.3) is 0 Å². The van der Waals surface area contributed by atoms with E-state index in [1.165, 1.54) is 11.1 Å². The lowest BCUT2D eigenvalue weighted by molar-refractivity contribution is 0.425. The quantitative estimate of drug-likeness (QED) is 0.553. The summed E-state index contributed by atoms with van der Waals surface area (Å²) in [6.45, 7) is 0. The number of tetrazole rings is 1. The molecule has 2 aromatic rings. The van der Waals surface area contributed by atoms with E-state index in [0.29, 0.717) is 11.2 Å². The van der Waals surface area contributed by atoms with Crippen molar-refractivity contribution in [1.82, 2.24) is 20.2 Å². The largest absolute Gasteiger partial charge is 0.490 e. The fourth-order valence-electron chi connectivity index (χ4n) is 1.17. The molecule has 6 nitrogen and oxygen atoms in total. The minimum Gasteiger partial charge on any atom is -0.423 e. The molecule has 2 rings (SSSR count). The number of aromatic nitrogens is 4. The summed E-state index contributed by atoms with van der Waals surface area (Å²) < 4.78 is 0. The van der Waals surface area contributed by atoms with Crippen LogP contribution in [0.2, 0.25) is 0 Å². The first-order valence-electron chi connectivity index (χ1n) is 3.97. The molecular formula is C7H7BN4O2. The number of rotatable bonds is 2. The van der Waals surface area contributed by atoms with Gasteiger partial charge in [-0.25, -0.2) is 0 Å². The summed E-state index contributed by atoms with van der Waals surface area (Å²) in [5, 5.41) is 29.1. The van der Waals surface area contributed by atoms with E-state index >= 15 is 0 Å². The fourth-order valence-corrected chi connectivity index (χ4v) is 1.17. The van der Waals surface area contributed by atoms with Gasteiger partial charge in [-0.05, 0) is 11.3 Å². The first kappa shape index (κ1) is 8.85. The third kappa shape index (κ3) is 1.50. The molecule has 0 aliphatic carbocycles. The molecule has 1 aromatic carbocycles. The molecule has 70 valence electrons. The van der Waals surface area contributed by atoms with E-state index < -0.39 is 7.12 Å². The molecule has 0 fully saturated rings. The van der Waals surface area contributed by atoms with Gasteiger partial charge in [0.2, 0.25) is 0 Å². The maximum atomic E-state index is 9.07. The average Bonchev–Trinajstić information content (AvgIpc) is 2.70. The van der Waals surface area contributed by atoms with E-state index in [9.17, 15) is 0 Å². The van der Waals surface area contributed by atoms with Gasteiger partial charge in [-0.3, -0.25) is 0 Å². The highest BCUT2D eigenvalue weighted by atomic mass is 16.4. The lowest BCUT2D eigenvalue weighted by Gasteiger charge is -2.05. The lowest BCUT2D eigenvalue weighted by Crippen LogP contribution is -2.33. The van der Waals surface area contributed by atoms with E-state index in [4.69, 9.17) is 10.0 Å². The van der Waals surface area contributed by atoms with Gasteiger partial charge in [0.05, 0.1) is 5.69 Å². The third-order valence-corrected chi connectivity index (χ3v) is 1.78. The average molecular weight is 190 g/mol. The van der Waals surface area contributed by atoms with Crippen molar-refractivity contribution in [2.75, 3.05) is 0 Å². The molecule has 0 atom stereocenters. The number of para-hydroxylation sites is 1. The van der Waals surface area contributed by atoms with Gasteiger partial charge in [0.1, 0.15) is 0 Å². The van der Waals surface area contributed by atoms with Gasteiger partial charge < -0.3 is 10.0 Å². The maximum absolute atomic E-state index is 9.07. The number of nitrogens with zero attached hydrogens (tertiary/aromatic N) is 4. The zero-order chi connectivity index (χ0) is 9.97. The predicted octanol–water partition coefficient (Wildman–Crippen LogP) is -1.66. The van der Waals surface area contributed by atoms with Crippen molar-refractivity contribution in [2.45, 2.75) is 0 Å². The van der Waals surface area contributed by atoms with Crippen molar-refractivity contribution in [3.8, 4) is 5.69 Å². The van der Waals surface area contributed by atoms with Crippen LogP contribution in [0.25, 0.3) is 5.69 Å². The summed E-state index contributed by atoms with van der Waals surface area (Å²) >= 11 is 0. The molecule has 0 amide bonds. The lowest BCUT2D eigenvalue weighted by atomic mass is 9.79. The van der Waals surface area contributed by atoms with Gasteiger partial charge in [0, 0.05) is 5.46 Å². The molecule has 0 aliphatic rings. The minimum absolute atomic E-state index is 0.338. The van der Waals surface area contributed by atoms with Crippen LogP contribution in [0.4, 0.5) is 0 Å². The van der Waals surface area contributed by atoms with Crippen molar-refractivity contribution in [2.24, 2.45) is 0 Å². The monoisotopic (exact) mass is 190 g/mol. The standard InChI is InChI=1S/C7H7BN4O2/c13-8(14)6-3-1-2-4-7(6)12-10-5-9-11-12/h1-5,13-14H. The molecular weight excluding hydrogens is 183 g/mol. The van der Waals surface area contributed by atoms with Crippen molar-refractivity contribution in [1.29, 1.82) is 0 Å². The third-order valence-electron chi connectivity index (χ3n) is 1.78. The SMILES string of the molecule is OB(O)c1ccccc1-n1ncnn1. The summed E-state index contributed by atoms with van der Waals surface area (Å²) in [6.07, 6.45) is 1.28. The molecule has 0 bridgehead atoms. The normalized spacial score (nSPS) is 10.1. The van der Waals surface area contributed by atoms with Gasteiger partial charge in [-0.2, -0.15) is 0 Å². The molecule has 0 unspecified atom stereocenters. The number of hydrogen-bond donors (Lipinski definition) is 2. The second kappa shape index (κ2) is 3.56. The van der Waals surface area contributed by atoms with E-state index in [2.05, 4.69) is 15.4 Å². The molecule has 1 heterocycles. The first-order chi connectivity index (χ1) is 6.79. The molecule has 0 spiro atoms. The minimum atomic E-state index is -1.54. The maximum Gasteiger partial charge on any atom is 0.490 e. The fraction of sp³-hybridized carbons (Fsp3) is 0. The van der Waals surface area contributed by atoms with Crippen molar-refractivity contribution in [3.05, 3.63) is 30.6 Å². The van der Waals surface area contributed by atoms with Crippen LogP contribution in [-0.4, -0.2) is 37.4 Å². The van der Waals surface area contributed by atoms with Gasteiger partial charge in [0.15, 0.2) is 6.33 Å². The summed E-state index contributed by atoms with van der Waals surface area (Å²) in [6, 6.07) is 6.72. The van der Waals surface area contributed by atoms with E-state index in [1.54, 1.807) is 24.3 Å². The highest BCUT2D eigenvalue weighted by molar-refractivity contribution is 6.59. The Morgan fingerprint density at radius 3 is 2.64 bits per heavy atom. The van der Waals surface area contributed by atoms with Gasteiger partial charge in [-0.1, -0.05) is 18.2 Å². The smallest absolute Gasteiger partial charge is 0.423 e. The molecule has 0 saturated carbocycles. The van der Waals surface area contributed by atoms with Crippen LogP contribution in [0.1, 0.15) is 0 Å². The molecule has 0 radical (unpaired) electrons. The predicted molar refractivity (Wildman–Crippen MR) is 49.0 cm³/mol. The number of hydrogen-bond acceptors (Lipinski definition) is 5. The van der Waals surface area contributed by atoms with E-state index in [0.717, 1.165) is 0 Å². The van der Waals surface area contributed by atoms with Gasteiger partial charge >= 0.3 is 7.12 Å². The van der Waals surface area contributed by atoms with Crippen LogP contribution in [-0.2, 0) is 0 Å². The summed E-state index contributed by atoms with van der Waals surface area (Å²) in [5.74, 6) is 0. The molecule has 7 heteroatoms. The molecule has 14 heavy (non-hydrogen) atoms. The zero-order valence-corrected chi connectivity index (χ0v) is 7.15. The zero-order valence-electron chi connectivity index (χ0n) is 7.15. The molecule has 0 saturated heterocycles. The Morgan fingerprint density at radius 1 is 1.21 bits per heavy atom. The second-order valence-electron chi connectivity index (χ2n) is 2.66. The van der Waals surface area contributed by atoms with Crippen LogP contribution in [0, 0.1) is 0 Å². The van der Waals surface area contributed by atoms with Crippen molar-refractivity contribution >= 4 is 12.6 Å². The molecule has 0 aliphatic heterocycles. The Bertz CT molecular complexity index is 417. The van der Waals surface area contributed by atoms with E-state index in [1.807, 2.05) is 0 Å². The second-order valence-corrected chi connectivity index (χ2v) is 2.66. The summed E-state index contributed by atoms with van der Waals surface area (Å²) in [4.78, 5) is 1.23. The van der Waals surface area contributed by atoms with Crippen molar-refractivity contribution < 1.29 is 10.0 Å². The van der Waals surface area contributed by atoms with E-state index in [-0.39, 0.29) is 0 Å². The summed E-state index contributed by atoms with van der Waals surface area (Å²) in [7, 11) is -1.54.